The van der Waals surface area contributed by atoms with Gasteiger partial charge in [-0.3, -0.25) is 4.79 Å². The Kier molecular flexibility index (Phi) is 4.45. The highest BCUT2D eigenvalue weighted by Crippen LogP contribution is 2.45. The van der Waals surface area contributed by atoms with Crippen molar-refractivity contribution in [3.05, 3.63) is 0 Å². The van der Waals surface area contributed by atoms with Gasteiger partial charge in [-0.05, 0) is 38.0 Å². The molecule has 5 atom stereocenters. The lowest BCUT2D eigenvalue weighted by Gasteiger charge is -2.48. The molecule has 0 aromatic carbocycles. The Bertz CT molecular complexity index is 359. The average molecular weight is 282 g/mol. The molecule has 2 rings (SSSR count). The largest absolute Gasteiger partial charge is 0.372 e. The van der Waals surface area contributed by atoms with Gasteiger partial charge in [0.2, 0.25) is 5.91 Å². The van der Waals surface area contributed by atoms with Crippen molar-refractivity contribution in [2.45, 2.75) is 65.7 Å². The summed E-state index contributed by atoms with van der Waals surface area (Å²) in [6.07, 6.45) is 2.14. The van der Waals surface area contributed by atoms with Crippen LogP contribution in [-0.4, -0.2) is 42.1 Å². The summed E-state index contributed by atoms with van der Waals surface area (Å²) in [7, 11) is 0. The van der Waals surface area contributed by atoms with Crippen molar-refractivity contribution in [1.29, 1.82) is 0 Å². The van der Waals surface area contributed by atoms with Crippen LogP contribution in [0.2, 0.25) is 0 Å². The highest BCUT2D eigenvalue weighted by Gasteiger charge is 2.46. The molecule has 20 heavy (non-hydrogen) atoms. The van der Waals surface area contributed by atoms with Crippen LogP contribution in [0.3, 0.4) is 0 Å². The van der Waals surface area contributed by atoms with Crippen LogP contribution in [0, 0.1) is 17.3 Å². The molecule has 4 heteroatoms. The fourth-order valence-electron chi connectivity index (χ4n) is 3.87. The summed E-state index contributed by atoms with van der Waals surface area (Å²) >= 11 is 0. The van der Waals surface area contributed by atoms with E-state index in [0.29, 0.717) is 11.8 Å². The molecule has 0 spiro atoms. The Hall–Kier alpha value is -0.610. The SMILES string of the molecule is CC1CN(C(=O)C2CCC(N)C(C)C2(C)C)CC(C)O1. The first-order valence-corrected chi connectivity index (χ1v) is 7.93. The lowest BCUT2D eigenvalue weighted by Crippen LogP contribution is -2.56. The maximum Gasteiger partial charge on any atom is 0.226 e. The fourth-order valence-corrected chi connectivity index (χ4v) is 3.87. The number of ether oxygens (including phenoxy) is 1. The molecule has 5 unspecified atom stereocenters. The molecule has 1 aliphatic carbocycles. The number of rotatable bonds is 1. The second-order valence-corrected chi connectivity index (χ2v) is 7.40. The van der Waals surface area contributed by atoms with Crippen LogP contribution in [0.25, 0.3) is 0 Å². The van der Waals surface area contributed by atoms with Crippen LogP contribution >= 0.6 is 0 Å². The Balaban J connectivity index is 2.12. The lowest BCUT2D eigenvalue weighted by atomic mass is 9.60. The Morgan fingerprint density at radius 3 is 2.25 bits per heavy atom. The molecule has 1 heterocycles. The van der Waals surface area contributed by atoms with Gasteiger partial charge in [0.1, 0.15) is 0 Å². The molecule has 1 amide bonds. The van der Waals surface area contributed by atoms with E-state index < -0.39 is 0 Å². The molecule has 2 N–H and O–H groups in total. The standard InChI is InChI=1S/C16H30N2O2/c1-10-8-18(9-11(2)20-10)15(19)13-6-7-14(17)12(3)16(13,4)5/h10-14H,6-9,17H2,1-5H3. The molecule has 0 radical (unpaired) electrons. The van der Waals surface area contributed by atoms with E-state index in [1.54, 1.807) is 0 Å². The monoisotopic (exact) mass is 282 g/mol. The molecule has 2 fully saturated rings. The molecule has 1 saturated carbocycles. The minimum absolute atomic E-state index is 0.0282. The van der Waals surface area contributed by atoms with Crippen LogP contribution in [0.1, 0.15) is 47.5 Å². The van der Waals surface area contributed by atoms with Crippen molar-refractivity contribution in [2.24, 2.45) is 23.0 Å². The maximum atomic E-state index is 12.9. The molecular formula is C16H30N2O2. The van der Waals surface area contributed by atoms with Gasteiger partial charge in [0, 0.05) is 25.0 Å². The minimum atomic E-state index is -0.0282. The van der Waals surface area contributed by atoms with Crippen molar-refractivity contribution in [3.63, 3.8) is 0 Å². The summed E-state index contributed by atoms with van der Waals surface area (Å²) in [4.78, 5) is 15.0. The number of hydrogen-bond acceptors (Lipinski definition) is 3. The molecule has 116 valence electrons. The van der Waals surface area contributed by atoms with Crippen LogP contribution in [0.5, 0.6) is 0 Å². The predicted molar refractivity (Wildman–Crippen MR) is 80.2 cm³/mol. The van der Waals surface area contributed by atoms with Gasteiger partial charge >= 0.3 is 0 Å². The van der Waals surface area contributed by atoms with Gasteiger partial charge in [0.15, 0.2) is 0 Å². The van der Waals surface area contributed by atoms with E-state index in [9.17, 15) is 4.79 Å². The Morgan fingerprint density at radius 1 is 1.15 bits per heavy atom. The number of amides is 1. The zero-order valence-corrected chi connectivity index (χ0v) is 13.6. The molecular weight excluding hydrogens is 252 g/mol. The van der Waals surface area contributed by atoms with E-state index in [1.165, 1.54) is 0 Å². The van der Waals surface area contributed by atoms with Gasteiger partial charge in [-0.25, -0.2) is 0 Å². The van der Waals surface area contributed by atoms with Gasteiger partial charge in [-0.2, -0.15) is 0 Å². The molecule has 2 aliphatic rings. The highest BCUT2D eigenvalue weighted by atomic mass is 16.5. The third kappa shape index (κ3) is 2.86. The first-order chi connectivity index (χ1) is 9.23. The number of nitrogens with zero attached hydrogens (tertiary/aromatic N) is 1. The van der Waals surface area contributed by atoms with Gasteiger partial charge in [0.05, 0.1) is 12.2 Å². The van der Waals surface area contributed by atoms with Crippen molar-refractivity contribution < 1.29 is 9.53 Å². The quantitative estimate of drug-likeness (QED) is 0.800. The topological polar surface area (TPSA) is 55.6 Å². The fraction of sp³-hybridized carbons (Fsp3) is 0.938. The molecule has 0 bridgehead atoms. The smallest absolute Gasteiger partial charge is 0.226 e. The summed E-state index contributed by atoms with van der Waals surface area (Å²) in [5.74, 6) is 0.770. The van der Waals surface area contributed by atoms with Gasteiger partial charge < -0.3 is 15.4 Å². The normalized spacial score (nSPS) is 41.5. The number of morpholine rings is 1. The summed E-state index contributed by atoms with van der Waals surface area (Å²) in [5.41, 5.74) is 6.17. The summed E-state index contributed by atoms with van der Waals surface area (Å²) in [5, 5.41) is 0. The molecule has 0 aromatic rings. The number of nitrogens with two attached hydrogens (primary N) is 1. The molecule has 0 aromatic heterocycles. The van der Waals surface area contributed by atoms with Crippen molar-refractivity contribution in [3.8, 4) is 0 Å². The highest BCUT2D eigenvalue weighted by molar-refractivity contribution is 5.80. The average Bonchev–Trinajstić information content (AvgIpc) is 2.34. The second-order valence-electron chi connectivity index (χ2n) is 7.40. The Morgan fingerprint density at radius 2 is 1.70 bits per heavy atom. The summed E-state index contributed by atoms with van der Waals surface area (Å²) in [6.45, 7) is 12.1. The van der Waals surface area contributed by atoms with Crippen LogP contribution in [0.4, 0.5) is 0 Å². The van der Waals surface area contributed by atoms with Crippen molar-refractivity contribution in [1.82, 2.24) is 4.90 Å². The minimum Gasteiger partial charge on any atom is -0.372 e. The zero-order chi connectivity index (χ0) is 15.1. The van der Waals surface area contributed by atoms with E-state index in [0.717, 1.165) is 25.9 Å². The molecule has 4 nitrogen and oxygen atoms in total. The van der Waals surface area contributed by atoms with Crippen LogP contribution in [-0.2, 0) is 9.53 Å². The van der Waals surface area contributed by atoms with Crippen LogP contribution < -0.4 is 5.73 Å². The summed E-state index contributed by atoms with van der Waals surface area (Å²) in [6, 6.07) is 0.219. The van der Waals surface area contributed by atoms with E-state index in [2.05, 4.69) is 20.8 Å². The van der Waals surface area contributed by atoms with Crippen molar-refractivity contribution >= 4 is 5.91 Å². The van der Waals surface area contributed by atoms with Gasteiger partial charge in [-0.1, -0.05) is 20.8 Å². The third-order valence-electron chi connectivity index (χ3n) is 5.53. The molecule has 1 saturated heterocycles. The number of carbonyl (C=O) groups is 1. The number of hydrogen-bond donors (Lipinski definition) is 1. The predicted octanol–water partition coefficient (Wildman–Crippen LogP) is 2.02. The maximum absolute atomic E-state index is 12.9. The zero-order valence-electron chi connectivity index (χ0n) is 13.6. The first kappa shape index (κ1) is 15.8. The van der Waals surface area contributed by atoms with Gasteiger partial charge in [-0.15, -0.1) is 0 Å². The van der Waals surface area contributed by atoms with Crippen LogP contribution in [0.15, 0.2) is 0 Å². The third-order valence-corrected chi connectivity index (χ3v) is 5.53. The molecule has 1 aliphatic heterocycles. The van der Waals surface area contributed by atoms with E-state index in [-0.39, 0.29) is 29.6 Å². The lowest BCUT2D eigenvalue weighted by molar-refractivity contribution is -0.154. The van der Waals surface area contributed by atoms with E-state index in [1.807, 2.05) is 18.7 Å². The first-order valence-electron chi connectivity index (χ1n) is 7.93. The number of carbonyl (C=O) groups excluding carboxylic acids is 1. The second kappa shape index (κ2) is 5.64. The van der Waals surface area contributed by atoms with E-state index in [4.69, 9.17) is 10.5 Å². The van der Waals surface area contributed by atoms with Gasteiger partial charge in [0.25, 0.3) is 0 Å². The van der Waals surface area contributed by atoms with E-state index >= 15 is 0 Å². The Labute approximate surface area is 123 Å². The summed E-state index contributed by atoms with van der Waals surface area (Å²) < 4.78 is 5.73. The van der Waals surface area contributed by atoms with Crippen molar-refractivity contribution in [2.75, 3.05) is 13.1 Å².